The van der Waals surface area contributed by atoms with Gasteiger partial charge in [-0.05, 0) is 37.2 Å². The second kappa shape index (κ2) is 5.46. The third-order valence-electron chi connectivity index (χ3n) is 3.17. The first kappa shape index (κ1) is 12.9. The molecular formula is C15H16FN3O. The molecule has 0 fully saturated rings. The average Bonchev–Trinajstić information content (AvgIpc) is 3.08. The maximum Gasteiger partial charge on any atom is 0.134 e. The number of rotatable bonds is 5. The monoisotopic (exact) mass is 273 g/mol. The van der Waals surface area contributed by atoms with Gasteiger partial charge < -0.3 is 14.7 Å². The zero-order valence-electron chi connectivity index (χ0n) is 11.2. The van der Waals surface area contributed by atoms with Crippen LogP contribution in [0.15, 0.2) is 41.1 Å². The molecule has 0 saturated heterocycles. The molecule has 1 unspecified atom stereocenters. The second-order valence-corrected chi connectivity index (χ2v) is 4.69. The first-order chi connectivity index (χ1) is 9.78. The Morgan fingerprint density at radius 1 is 1.40 bits per heavy atom. The summed E-state index contributed by atoms with van der Waals surface area (Å²) in [5.41, 5.74) is 0.677. The van der Waals surface area contributed by atoms with E-state index < -0.39 is 0 Å². The van der Waals surface area contributed by atoms with E-state index in [0.29, 0.717) is 5.58 Å². The Morgan fingerprint density at radius 2 is 2.30 bits per heavy atom. The van der Waals surface area contributed by atoms with E-state index in [0.717, 1.165) is 29.9 Å². The fraction of sp³-hybridized carbons (Fsp3) is 0.267. The van der Waals surface area contributed by atoms with Crippen molar-refractivity contribution >= 4 is 11.0 Å². The van der Waals surface area contributed by atoms with E-state index in [4.69, 9.17) is 4.42 Å². The Kier molecular flexibility index (Phi) is 3.52. The number of imidazole rings is 1. The molecule has 0 aliphatic heterocycles. The Hall–Kier alpha value is -2.14. The topological polar surface area (TPSA) is 53.9 Å². The number of aromatic nitrogens is 2. The maximum atomic E-state index is 13.2. The summed E-state index contributed by atoms with van der Waals surface area (Å²) in [4.78, 5) is 7.37. The molecule has 5 heteroatoms. The van der Waals surface area contributed by atoms with Gasteiger partial charge in [-0.15, -0.1) is 0 Å². The molecule has 2 N–H and O–H groups in total. The summed E-state index contributed by atoms with van der Waals surface area (Å²) >= 11 is 0. The number of aromatic amines is 1. The summed E-state index contributed by atoms with van der Waals surface area (Å²) in [6.07, 6.45) is 4.49. The van der Waals surface area contributed by atoms with Crippen LogP contribution in [0.4, 0.5) is 4.39 Å². The molecule has 2 heterocycles. The van der Waals surface area contributed by atoms with Crippen LogP contribution in [-0.2, 0) is 0 Å². The molecule has 3 rings (SSSR count). The zero-order valence-corrected chi connectivity index (χ0v) is 11.2. The highest BCUT2D eigenvalue weighted by Crippen LogP contribution is 2.27. The van der Waals surface area contributed by atoms with Crippen LogP contribution in [0.3, 0.4) is 0 Å². The molecule has 20 heavy (non-hydrogen) atoms. The fourth-order valence-corrected chi connectivity index (χ4v) is 2.23. The van der Waals surface area contributed by atoms with Crippen molar-refractivity contribution in [2.45, 2.75) is 19.4 Å². The highest BCUT2D eigenvalue weighted by molar-refractivity contribution is 5.78. The Balaban J connectivity index is 1.99. The first-order valence-corrected chi connectivity index (χ1v) is 6.69. The van der Waals surface area contributed by atoms with Gasteiger partial charge in [0, 0.05) is 17.8 Å². The van der Waals surface area contributed by atoms with Gasteiger partial charge in [0.1, 0.15) is 29.0 Å². The quantitative estimate of drug-likeness (QED) is 0.749. The van der Waals surface area contributed by atoms with Crippen LogP contribution in [0.25, 0.3) is 11.0 Å². The normalized spacial score (nSPS) is 12.9. The number of benzene rings is 1. The van der Waals surface area contributed by atoms with E-state index >= 15 is 0 Å². The van der Waals surface area contributed by atoms with Gasteiger partial charge in [0.15, 0.2) is 0 Å². The molecule has 104 valence electrons. The molecule has 4 nitrogen and oxygen atoms in total. The molecule has 1 aromatic carbocycles. The van der Waals surface area contributed by atoms with Crippen molar-refractivity contribution < 1.29 is 8.81 Å². The lowest BCUT2D eigenvalue weighted by atomic mass is 10.2. The second-order valence-electron chi connectivity index (χ2n) is 4.69. The summed E-state index contributed by atoms with van der Waals surface area (Å²) in [5.74, 6) is 1.26. The number of hydrogen-bond donors (Lipinski definition) is 2. The molecule has 0 spiro atoms. The van der Waals surface area contributed by atoms with Crippen molar-refractivity contribution in [2.24, 2.45) is 0 Å². The van der Waals surface area contributed by atoms with Crippen molar-refractivity contribution in [1.82, 2.24) is 15.3 Å². The lowest BCUT2D eigenvalue weighted by molar-refractivity contribution is 0.458. The van der Waals surface area contributed by atoms with Crippen LogP contribution in [0.1, 0.15) is 31.0 Å². The average molecular weight is 273 g/mol. The molecule has 3 aromatic rings. The fourth-order valence-electron chi connectivity index (χ4n) is 2.23. The van der Waals surface area contributed by atoms with Crippen molar-refractivity contribution in [3.05, 3.63) is 54.1 Å². The van der Waals surface area contributed by atoms with Crippen LogP contribution < -0.4 is 5.32 Å². The highest BCUT2D eigenvalue weighted by atomic mass is 19.1. The standard InChI is InChI=1S/C15H16FN3O/c1-2-5-17-14(15-18-6-7-19-15)13-9-10-8-11(16)3-4-12(10)20-13/h3-4,6-9,14,17H,2,5H2,1H3,(H,18,19). The Labute approximate surface area is 116 Å². The van der Waals surface area contributed by atoms with E-state index in [1.807, 2.05) is 6.07 Å². The number of halogens is 1. The minimum absolute atomic E-state index is 0.152. The maximum absolute atomic E-state index is 13.2. The zero-order chi connectivity index (χ0) is 13.9. The molecule has 0 saturated carbocycles. The van der Waals surface area contributed by atoms with Crippen LogP contribution in [-0.4, -0.2) is 16.5 Å². The van der Waals surface area contributed by atoms with Gasteiger partial charge in [-0.2, -0.15) is 0 Å². The third-order valence-corrected chi connectivity index (χ3v) is 3.17. The number of fused-ring (bicyclic) bond motifs is 1. The van der Waals surface area contributed by atoms with Crippen LogP contribution in [0.5, 0.6) is 0 Å². The van der Waals surface area contributed by atoms with E-state index in [1.54, 1.807) is 18.5 Å². The SMILES string of the molecule is CCCNC(c1ncc[nH]1)c1cc2cc(F)ccc2o1. The van der Waals surface area contributed by atoms with Crippen molar-refractivity contribution in [3.8, 4) is 0 Å². The van der Waals surface area contributed by atoms with Gasteiger partial charge in [-0.3, -0.25) is 0 Å². The highest BCUT2D eigenvalue weighted by Gasteiger charge is 2.20. The lowest BCUT2D eigenvalue weighted by Crippen LogP contribution is -2.23. The third kappa shape index (κ3) is 2.44. The van der Waals surface area contributed by atoms with Crippen LogP contribution in [0, 0.1) is 5.82 Å². The number of hydrogen-bond acceptors (Lipinski definition) is 3. The van der Waals surface area contributed by atoms with Gasteiger partial charge in [0.05, 0.1) is 0 Å². The minimum Gasteiger partial charge on any atom is -0.459 e. The van der Waals surface area contributed by atoms with Crippen molar-refractivity contribution in [2.75, 3.05) is 6.54 Å². The summed E-state index contributed by atoms with van der Waals surface area (Å²) in [6.45, 7) is 2.94. The summed E-state index contributed by atoms with van der Waals surface area (Å²) < 4.78 is 19.1. The van der Waals surface area contributed by atoms with E-state index in [1.165, 1.54) is 12.1 Å². The molecule has 0 bridgehead atoms. The molecule has 2 aromatic heterocycles. The predicted molar refractivity (Wildman–Crippen MR) is 74.9 cm³/mol. The predicted octanol–water partition coefficient (Wildman–Crippen LogP) is 3.38. The first-order valence-electron chi connectivity index (χ1n) is 6.69. The number of furan rings is 1. The molecule has 0 aliphatic rings. The van der Waals surface area contributed by atoms with Gasteiger partial charge in [0.2, 0.25) is 0 Å². The molecule has 1 atom stereocenters. The van der Waals surface area contributed by atoms with Gasteiger partial charge in [0.25, 0.3) is 0 Å². The number of H-pyrrole nitrogens is 1. The van der Waals surface area contributed by atoms with E-state index in [2.05, 4.69) is 22.2 Å². The summed E-state index contributed by atoms with van der Waals surface area (Å²) in [5, 5.41) is 4.14. The van der Waals surface area contributed by atoms with Gasteiger partial charge in [-0.25, -0.2) is 9.37 Å². The van der Waals surface area contributed by atoms with Crippen LogP contribution in [0.2, 0.25) is 0 Å². The molecule has 0 amide bonds. The van der Waals surface area contributed by atoms with Crippen molar-refractivity contribution in [1.29, 1.82) is 0 Å². The van der Waals surface area contributed by atoms with Gasteiger partial charge >= 0.3 is 0 Å². The minimum atomic E-state index is -0.263. The Morgan fingerprint density at radius 3 is 3.05 bits per heavy atom. The Bertz CT molecular complexity index is 690. The van der Waals surface area contributed by atoms with E-state index in [9.17, 15) is 4.39 Å². The lowest BCUT2D eigenvalue weighted by Gasteiger charge is -2.13. The molecular weight excluding hydrogens is 257 g/mol. The number of nitrogens with zero attached hydrogens (tertiary/aromatic N) is 1. The van der Waals surface area contributed by atoms with E-state index in [-0.39, 0.29) is 11.9 Å². The smallest absolute Gasteiger partial charge is 0.134 e. The van der Waals surface area contributed by atoms with Gasteiger partial charge in [-0.1, -0.05) is 6.92 Å². The molecule has 0 aliphatic carbocycles. The summed E-state index contributed by atoms with van der Waals surface area (Å²) in [7, 11) is 0. The number of nitrogens with one attached hydrogen (secondary N) is 2. The molecule has 0 radical (unpaired) electrons. The summed E-state index contributed by atoms with van der Waals surface area (Å²) in [6, 6.07) is 6.22. The largest absolute Gasteiger partial charge is 0.459 e. The van der Waals surface area contributed by atoms with Crippen molar-refractivity contribution in [3.63, 3.8) is 0 Å². The van der Waals surface area contributed by atoms with Crippen LogP contribution >= 0.6 is 0 Å².